The van der Waals surface area contributed by atoms with Gasteiger partial charge in [-0.1, -0.05) is 113 Å². The first-order valence-corrected chi connectivity index (χ1v) is 27.1. The second kappa shape index (κ2) is 27.5. The van der Waals surface area contributed by atoms with Gasteiger partial charge in [-0.2, -0.15) is 0 Å². The van der Waals surface area contributed by atoms with Crippen LogP contribution in [-0.4, -0.2) is 142 Å². The number of rotatable bonds is 21. The van der Waals surface area contributed by atoms with Gasteiger partial charge in [-0.3, -0.25) is 19.2 Å². The molecule has 0 aromatic heterocycles. The molecule has 70 heavy (non-hydrogen) atoms. The van der Waals surface area contributed by atoms with Crippen LogP contribution in [-0.2, 0) is 28.7 Å². The molecule has 4 aliphatic heterocycles. The summed E-state index contributed by atoms with van der Waals surface area (Å²) in [7, 11) is 3.67. The molecule has 0 radical (unpaired) electrons. The molecule has 0 aliphatic carbocycles. The molecule has 4 aliphatic rings. The second-order valence-corrected chi connectivity index (χ2v) is 23.3. The van der Waals surface area contributed by atoms with Crippen molar-refractivity contribution < 1.29 is 28.7 Å². The van der Waals surface area contributed by atoms with Crippen molar-refractivity contribution in [3.05, 3.63) is 71.8 Å². The lowest BCUT2D eigenvalue weighted by Crippen LogP contribution is -2.58. The zero-order valence-electron chi connectivity index (χ0n) is 41.8. The van der Waals surface area contributed by atoms with E-state index in [1.807, 2.05) is 98.4 Å². The van der Waals surface area contributed by atoms with Crippen molar-refractivity contribution in [1.82, 2.24) is 41.7 Å². The monoisotopic (exact) mass is 1080 g/mol. The van der Waals surface area contributed by atoms with E-state index in [4.69, 9.17) is 33.9 Å². The van der Waals surface area contributed by atoms with Crippen LogP contribution in [0.25, 0.3) is 0 Å². The van der Waals surface area contributed by atoms with Crippen LogP contribution in [0, 0.1) is 10.8 Å². The summed E-state index contributed by atoms with van der Waals surface area (Å²) in [6.45, 7) is 13.6. The minimum Gasteiger partial charge on any atom is -0.379 e. The van der Waals surface area contributed by atoms with Crippen molar-refractivity contribution in [3.8, 4) is 0 Å². The quantitative estimate of drug-likeness (QED) is 0.0608. The Bertz CT molecular complexity index is 1920. The fourth-order valence-corrected chi connectivity index (χ4v) is 13.4. The molecule has 10 atom stereocenters. The van der Waals surface area contributed by atoms with Gasteiger partial charge in [-0.25, -0.2) is 0 Å². The number of likely N-dealkylation sites (N-methyl/N-ethyl adjacent to an activating group) is 2. The summed E-state index contributed by atoms with van der Waals surface area (Å²) in [4.78, 5) is 62.1. The number of hydrogen-bond acceptors (Lipinski definition) is 12. The number of halogens is 2. The van der Waals surface area contributed by atoms with E-state index in [2.05, 4.69) is 59.6 Å². The lowest BCUT2D eigenvalue weighted by Gasteiger charge is -2.35. The highest BCUT2D eigenvalue weighted by Crippen LogP contribution is 2.48. The average molecular weight is 1080 g/mol. The maximum atomic E-state index is 14.5. The molecule has 2 aromatic rings. The number of fused-ring (bicyclic) bond motifs is 2. The van der Waals surface area contributed by atoms with E-state index in [1.54, 1.807) is 23.5 Å². The van der Waals surface area contributed by atoms with E-state index in [9.17, 15) is 19.2 Å². The molecule has 4 amide bonds. The second-order valence-electron chi connectivity index (χ2n) is 19.9. The maximum Gasteiger partial charge on any atom is 0.246 e. The van der Waals surface area contributed by atoms with Crippen molar-refractivity contribution in [2.45, 2.75) is 139 Å². The summed E-state index contributed by atoms with van der Waals surface area (Å²) in [5.74, 6) is 0.996. The molecule has 0 unspecified atom stereocenters. The predicted molar refractivity (Wildman–Crippen MR) is 296 cm³/mol. The third-order valence-electron chi connectivity index (χ3n) is 13.8. The number of thiocarbonyl (C=S) groups is 2. The van der Waals surface area contributed by atoms with Crippen LogP contribution in [0.1, 0.15) is 103 Å². The first-order chi connectivity index (χ1) is 32.5. The summed E-state index contributed by atoms with van der Waals surface area (Å²) in [5, 5.41) is 19.2. The van der Waals surface area contributed by atoms with Crippen LogP contribution in [0.4, 0.5) is 0 Å². The van der Waals surface area contributed by atoms with Gasteiger partial charge in [0, 0.05) is 13.2 Å². The normalized spacial score (nSPS) is 25.3. The smallest absolute Gasteiger partial charge is 0.246 e. The fourth-order valence-electron chi connectivity index (χ4n) is 9.68. The zero-order valence-corrected chi connectivity index (χ0v) is 46.7. The minimum absolute atomic E-state index is 0. The third kappa shape index (κ3) is 14.9. The van der Waals surface area contributed by atoms with E-state index in [0.717, 1.165) is 35.5 Å². The molecule has 4 heterocycles. The highest BCUT2D eigenvalue weighted by atomic mass is 35.5. The average Bonchev–Trinajstić information content (AvgIpc) is 3.64. The molecule has 0 spiro atoms. The number of unbranched alkanes of at least 4 members (excludes halogenated alkanes) is 1. The van der Waals surface area contributed by atoms with Gasteiger partial charge >= 0.3 is 0 Å². The lowest BCUT2D eigenvalue weighted by atomic mass is 9.83. The fraction of sp³-hybridized carbons (Fsp3) is 0.640. The van der Waals surface area contributed by atoms with Gasteiger partial charge in [-0.05, 0) is 99.9 Å². The van der Waals surface area contributed by atoms with Crippen LogP contribution in [0.3, 0.4) is 0 Å². The van der Waals surface area contributed by atoms with Crippen molar-refractivity contribution in [3.63, 3.8) is 0 Å². The molecular formula is C50H76Cl2N8O6S4. The Morgan fingerprint density at radius 1 is 0.657 bits per heavy atom. The van der Waals surface area contributed by atoms with Crippen LogP contribution in [0.15, 0.2) is 60.7 Å². The standard InChI is InChI=1S/C50H74N8O6S4.2ClH/c1-31(51-7)45(65)55-35-21-25-67-39-27-49(3,4)41(57(39)47(35)61)43(59)53-37(33-17-11-9-12-18-33)29-63-23-15-16-24-64-30-38(34-19-13-10-14-20-34)54-44(60)42-50(5,6)28-40-58(42)48(62)36(22-26-68-40)56-46(66)32(2)52-8;;/h9-14,17-20,31-32,35-42,51-52H,15-16,21-30H2,1-8H3,(H,53,59)(H,54,60)(H,55,65)(H,56,66);2*1H/t31-,32-,35-,36-,37+,38+,39-,40-,41+,42+;;/m0../s1. The minimum atomic E-state index is -0.665. The van der Waals surface area contributed by atoms with Gasteiger partial charge in [-0.15, -0.1) is 48.3 Å². The number of thioether (sulfide) groups is 2. The van der Waals surface area contributed by atoms with E-state index in [0.29, 0.717) is 48.9 Å². The van der Waals surface area contributed by atoms with E-state index in [1.165, 1.54) is 0 Å². The molecule has 2 aromatic carbocycles. The number of ether oxygens (including phenoxy) is 2. The third-order valence-corrected chi connectivity index (χ3v) is 17.3. The number of carbonyl (C=O) groups excluding carboxylic acids is 4. The molecule has 6 N–H and O–H groups in total. The first-order valence-electron chi connectivity index (χ1n) is 24.2. The van der Waals surface area contributed by atoms with E-state index < -0.39 is 47.1 Å². The summed E-state index contributed by atoms with van der Waals surface area (Å²) in [6, 6.07) is 16.2. The van der Waals surface area contributed by atoms with Crippen molar-refractivity contribution in [2.75, 3.05) is 52.0 Å². The molecule has 0 bridgehead atoms. The summed E-state index contributed by atoms with van der Waals surface area (Å²) < 4.78 is 12.5. The highest BCUT2D eigenvalue weighted by molar-refractivity contribution is 8.00. The van der Waals surface area contributed by atoms with Crippen LogP contribution in [0.5, 0.6) is 0 Å². The SMILES string of the molecule is CN[C@@H](C)C(=S)N[C@H]1CCS[C@H]2CC(C)(C)[C@@H](C(=O)N[C@H](COCCCCOC[C@@H](NC(=O)[C@H]3N4C(=O)[C@@H](NC(=S)[C@H](C)NC)CCS[C@H]4CC3(C)C)c3ccccc3)c3ccccc3)N2C1=O.Cl.Cl. The van der Waals surface area contributed by atoms with Crippen molar-refractivity contribution in [1.29, 1.82) is 0 Å². The topological polar surface area (TPSA) is 165 Å². The number of benzene rings is 2. The number of hydrogen-bond donors (Lipinski definition) is 6. The Kier molecular flexibility index (Phi) is 23.5. The van der Waals surface area contributed by atoms with Gasteiger partial charge in [0.1, 0.15) is 24.2 Å². The number of carbonyl (C=O) groups is 4. The Balaban J connectivity index is 0.00000533. The van der Waals surface area contributed by atoms with Crippen molar-refractivity contribution in [2.24, 2.45) is 10.8 Å². The molecule has 0 saturated carbocycles. The summed E-state index contributed by atoms with van der Waals surface area (Å²) >= 11 is 14.7. The van der Waals surface area contributed by atoms with Gasteiger partial charge in [0.05, 0.1) is 58.1 Å². The molecule has 390 valence electrons. The zero-order chi connectivity index (χ0) is 49.2. The predicted octanol–water partition coefficient (Wildman–Crippen LogP) is 6.33. The van der Waals surface area contributed by atoms with Crippen LogP contribution < -0.4 is 31.9 Å². The van der Waals surface area contributed by atoms with Crippen LogP contribution in [0.2, 0.25) is 0 Å². The van der Waals surface area contributed by atoms with E-state index in [-0.39, 0.29) is 84.5 Å². The molecule has 4 saturated heterocycles. The number of amides is 4. The largest absolute Gasteiger partial charge is 0.379 e. The summed E-state index contributed by atoms with van der Waals surface area (Å²) in [6.07, 6.45) is 4.11. The highest BCUT2D eigenvalue weighted by Gasteiger charge is 2.56. The molecule has 14 nitrogen and oxygen atoms in total. The number of nitrogens with one attached hydrogen (secondary N) is 6. The Labute approximate surface area is 447 Å². The van der Waals surface area contributed by atoms with Crippen molar-refractivity contribution >= 4 is 106 Å². The number of nitrogens with zero attached hydrogens (tertiary/aromatic N) is 2. The Morgan fingerprint density at radius 3 is 1.36 bits per heavy atom. The van der Waals surface area contributed by atoms with Gasteiger partial charge in [0.2, 0.25) is 23.6 Å². The Hall–Kier alpha value is -2.78. The molecule has 6 rings (SSSR count). The molecule has 20 heteroatoms. The molecular weight excluding hydrogens is 1010 g/mol. The van der Waals surface area contributed by atoms with Gasteiger partial charge in [0.25, 0.3) is 0 Å². The Morgan fingerprint density at radius 2 is 1.01 bits per heavy atom. The van der Waals surface area contributed by atoms with E-state index >= 15 is 0 Å². The first kappa shape index (κ1) is 59.8. The molecule has 4 fully saturated rings. The maximum absolute atomic E-state index is 14.5. The van der Waals surface area contributed by atoms with Gasteiger partial charge in [0.15, 0.2) is 0 Å². The van der Waals surface area contributed by atoms with Gasteiger partial charge < -0.3 is 51.2 Å². The lowest BCUT2D eigenvalue weighted by molar-refractivity contribution is -0.142. The summed E-state index contributed by atoms with van der Waals surface area (Å²) in [5.41, 5.74) is 0.932. The van der Waals surface area contributed by atoms with Crippen LogP contribution >= 0.6 is 72.8 Å².